The summed E-state index contributed by atoms with van der Waals surface area (Å²) in [6, 6.07) is 13.6. The van der Waals surface area contributed by atoms with E-state index in [1.807, 2.05) is 30.3 Å². The second kappa shape index (κ2) is 5.91. The Bertz CT molecular complexity index is 852. The van der Waals surface area contributed by atoms with Crippen LogP contribution in [0.4, 0.5) is 0 Å². The van der Waals surface area contributed by atoms with Gasteiger partial charge in [0, 0.05) is 30.9 Å². The van der Waals surface area contributed by atoms with Crippen LogP contribution in [-0.4, -0.2) is 19.0 Å². The van der Waals surface area contributed by atoms with E-state index >= 15 is 0 Å². The molecule has 3 rings (SSSR count). The van der Waals surface area contributed by atoms with E-state index < -0.39 is 0 Å². The van der Waals surface area contributed by atoms with Gasteiger partial charge in [-0.15, -0.1) is 0 Å². The fraction of sp³-hybridized carbons (Fsp3) is 0.118. The van der Waals surface area contributed by atoms with Crippen LogP contribution in [0.1, 0.15) is 0 Å². The molecule has 0 fully saturated rings. The molecule has 0 unspecified atom stereocenters. The number of ether oxygens (including phenoxy) is 2. The van der Waals surface area contributed by atoms with E-state index in [1.54, 1.807) is 6.07 Å². The standard InChI is InChI=1S/C17H14O5/c1-20-10-21-12-7-13(18)17-14(19)9-15(22-16(17)8-12)11-5-3-2-4-6-11/h2-9,18H,10H2,1H3. The van der Waals surface area contributed by atoms with Gasteiger partial charge in [0.1, 0.15) is 28.2 Å². The molecular weight excluding hydrogens is 284 g/mol. The summed E-state index contributed by atoms with van der Waals surface area (Å²) in [5.74, 6) is 0.610. The molecule has 5 heteroatoms. The first-order valence-corrected chi connectivity index (χ1v) is 6.67. The van der Waals surface area contributed by atoms with Crippen LogP contribution >= 0.6 is 0 Å². The van der Waals surface area contributed by atoms with Gasteiger partial charge in [0.15, 0.2) is 12.2 Å². The zero-order valence-corrected chi connectivity index (χ0v) is 11.9. The number of benzene rings is 2. The predicted octanol–water partition coefficient (Wildman–Crippen LogP) is 3.15. The van der Waals surface area contributed by atoms with Gasteiger partial charge in [-0.05, 0) is 0 Å². The maximum Gasteiger partial charge on any atom is 0.197 e. The molecule has 22 heavy (non-hydrogen) atoms. The summed E-state index contributed by atoms with van der Waals surface area (Å²) in [6.45, 7) is 0.0353. The van der Waals surface area contributed by atoms with Crippen molar-refractivity contribution in [2.45, 2.75) is 0 Å². The van der Waals surface area contributed by atoms with E-state index in [1.165, 1.54) is 19.2 Å². The number of aromatic hydroxyl groups is 1. The first kappa shape index (κ1) is 14.2. The van der Waals surface area contributed by atoms with Gasteiger partial charge in [0.05, 0.1) is 0 Å². The van der Waals surface area contributed by atoms with E-state index in [4.69, 9.17) is 13.9 Å². The fourth-order valence-corrected chi connectivity index (χ4v) is 2.20. The Hall–Kier alpha value is -2.79. The molecule has 1 N–H and O–H groups in total. The lowest BCUT2D eigenvalue weighted by Crippen LogP contribution is -2.03. The van der Waals surface area contributed by atoms with Crippen molar-refractivity contribution in [3.05, 3.63) is 58.8 Å². The Labute approximate surface area is 126 Å². The van der Waals surface area contributed by atoms with Crippen molar-refractivity contribution in [3.63, 3.8) is 0 Å². The molecule has 0 saturated carbocycles. The number of phenols is 1. The van der Waals surface area contributed by atoms with Crippen LogP contribution < -0.4 is 10.2 Å². The molecule has 0 aliphatic carbocycles. The number of methoxy groups -OCH3 is 1. The summed E-state index contributed by atoms with van der Waals surface area (Å²) >= 11 is 0. The summed E-state index contributed by atoms with van der Waals surface area (Å²) in [7, 11) is 1.49. The van der Waals surface area contributed by atoms with Crippen molar-refractivity contribution in [1.82, 2.24) is 0 Å². The number of hydrogen-bond donors (Lipinski definition) is 1. The SMILES string of the molecule is COCOc1cc(O)c2c(=O)cc(-c3ccccc3)oc2c1. The van der Waals surface area contributed by atoms with Crippen molar-refractivity contribution in [2.24, 2.45) is 0 Å². The molecule has 0 saturated heterocycles. The van der Waals surface area contributed by atoms with Crippen LogP contribution in [-0.2, 0) is 4.74 Å². The molecular formula is C17H14O5. The van der Waals surface area contributed by atoms with Crippen LogP contribution in [0.25, 0.3) is 22.3 Å². The molecule has 5 nitrogen and oxygen atoms in total. The van der Waals surface area contributed by atoms with Crippen molar-refractivity contribution in [3.8, 4) is 22.8 Å². The Kier molecular flexibility index (Phi) is 3.80. The fourth-order valence-electron chi connectivity index (χ4n) is 2.20. The highest BCUT2D eigenvalue weighted by Crippen LogP contribution is 2.30. The normalized spacial score (nSPS) is 10.8. The summed E-state index contributed by atoms with van der Waals surface area (Å²) in [5.41, 5.74) is 0.734. The molecule has 0 atom stereocenters. The van der Waals surface area contributed by atoms with Gasteiger partial charge in [-0.1, -0.05) is 30.3 Å². The lowest BCUT2D eigenvalue weighted by Gasteiger charge is -2.08. The lowest BCUT2D eigenvalue weighted by molar-refractivity contribution is 0.0510. The summed E-state index contributed by atoms with van der Waals surface area (Å²) in [4.78, 5) is 12.2. The molecule has 1 aromatic heterocycles. The minimum absolute atomic E-state index is 0.0353. The van der Waals surface area contributed by atoms with Crippen molar-refractivity contribution in [1.29, 1.82) is 0 Å². The van der Waals surface area contributed by atoms with Crippen LogP contribution in [0.5, 0.6) is 11.5 Å². The zero-order chi connectivity index (χ0) is 15.5. The highest BCUT2D eigenvalue weighted by molar-refractivity contribution is 5.86. The predicted molar refractivity (Wildman–Crippen MR) is 82.1 cm³/mol. The van der Waals surface area contributed by atoms with Gasteiger partial charge in [-0.3, -0.25) is 4.79 Å². The highest BCUT2D eigenvalue weighted by Gasteiger charge is 2.12. The minimum atomic E-state index is -0.309. The quantitative estimate of drug-likeness (QED) is 0.749. The van der Waals surface area contributed by atoms with Crippen LogP contribution in [0.2, 0.25) is 0 Å². The van der Waals surface area contributed by atoms with Crippen molar-refractivity contribution in [2.75, 3.05) is 13.9 Å². The van der Waals surface area contributed by atoms with Crippen LogP contribution in [0.15, 0.2) is 57.7 Å². The maximum atomic E-state index is 12.2. The molecule has 3 aromatic rings. The third kappa shape index (κ3) is 2.66. The monoisotopic (exact) mass is 298 g/mol. The van der Waals surface area contributed by atoms with Gasteiger partial charge in [0.2, 0.25) is 0 Å². The van der Waals surface area contributed by atoms with Gasteiger partial charge in [-0.25, -0.2) is 0 Å². The lowest BCUT2D eigenvalue weighted by atomic mass is 10.1. The smallest absolute Gasteiger partial charge is 0.197 e. The van der Waals surface area contributed by atoms with Gasteiger partial charge in [-0.2, -0.15) is 0 Å². The Morgan fingerprint density at radius 3 is 2.64 bits per heavy atom. The summed E-state index contributed by atoms with van der Waals surface area (Å²) in [6.07, 6.45) is 0. The Morgan fingerprint density at radius 2 is 1.91 bits per heavy atom. The molecule has 0 amide bonds. The third-order valence-electron chi connectivity index (χ3n) is 3.19. The van der Waals surface area contributed by atoms with Crippen molar-refractivity contribution >= 4 is 11.0 Å². The molecule has 0 radical (unpaired) electrons. The van der Waals surface area contributed by atoms with E-state index in [2.05, 4.69) is 0 Å². The summed E-state index contributed by atoms with van der Waals surface area (Å²) < 4.78 is 15.9. The topological polar surface area (TPSA) is 68.9 Å². The van der Waals surface area contributed by atoms with Gasteiger partial charge >= 0.3 is 0 Å². The first-order valence-electron chi connectivity index (χ1n) is 6.67. The Balaban J connectivity index is 2.17. The molecule has 112 valence electrons. The molecule has 1 heterocycles. The van der Waals surface area contributed by atoms with E-state index in [-0.39, 0.29) is 28.9 Å². The highest BCUT2D eigenvalue weighted by atomic mass is 16.7. The zero-order valence-electron chi connectivity index (χ0n) is 11.9. The molecule has 0 spiro atoms. The number of rotatable bonds is 4. The second-order valence-corrected chi connectivity index (χ2v) is 4.71. The largest absolute Gasteiger partial charge is 0.507 e. The minimum Gasteiger partial charge on any atom is -0.507 e. The van der Waals surface area contributed by atoms with Crippen LogP contribution in [0.3, 0.4) is 0 Å². The van der Waals surface area contributed by atoms with Gasteiger partial charge < -0.3 is 19.0 Å². The average Bonchev–Trinajstić information content (AvgIpc) is 2.53. The first-order chi connectivity index (χ1) is 10.7. The van der Waals surface area contributed by atoms with Gasteiger partial charge in [0.25, 0.3) is 0 Å². The maximum absolute atomic E-state index is 12.2. The summed E-state index contributed by atoms with van der Waals surface area (Å²) in [5, 5.41) is 10.1. The van der Waals surface area contributed by atoms with E-state index in [0.29, 0.717) is 11.5 Å². The number of phenolic OH excluding ortho intramolecular Hbond substituents is 1. The molecule has 0 aliphatic heterocycles. The third-order valence-corrected chi connectivity index (χ3v) is 3.19. The molecule has 0 bridgehead atoms. The average molecular weight is 298 g/mol. The van der Waals surface area contributed by atoms with E-state index in [0.717, 1.165) is 5.56 Å². The molecule has 0 aliphatic rings. The van der Waals surface area contributed by atoms with E-state index in [9.17, 15) is 9.90 Å². The number of hydrogen-bond acceptors (Lipinski definition) is 5. The van der Waals surface area contributed by atoms with Crippen LogP contribution in [0, 0.1) is 0 Å². The molecule has 2 aromatic carbocycles. The van der Waals surface area contributed by atoms with Crippen molar-refractivity contribution < 1.29 is 19.0 Å². The number of fused-ring (bicyclic) bond motifs is 1. The second-order valence-electron chi connectivity index (χ2n) is 4.71. The Morgan fingerprint density at radius 1 is 1.14 bits per heavy atom.